The van der Waals surface area contributed by atoms with E-state index in [0.29, 0.717) is 5.54 Å². The van der Waals surface area contributed by atoms with Crippen LogP contribution < -0.4 is 5.32 Å². The second-order valence-corrected chi connectivity index (χ2v) is 5.68. The van der Waals surface area contributed by atoms with Gasteiger partial charge in [-0.15, -0.1) is 0 Å². The van der Waals surface area contributed by atoms with Crippen molar-refractivity contribution in [1.82, 2.24) is 5.32 Å². The molecule has 98 valence electrons. The standard InChI is InChI=1S/C15H33N/c1-5-7-8-9-10-11-12-14-16-15(3,4)13-6-2/h16H,5-14H2,1-4H3. The van der Waals surface area contributed by atoms with Crippen LogP contribution in [-0.2, 0) is 0 Å². The van der Waals surface area contributed by atoms with Crippen LogP contribution in [0, 0.1) is 0 Å². The fourth-order valence-electron chi connectivity index (χ4n) is 2.22. The largest absolute Gasteiger partial charge is 0.312 e. The summed E-state index contributed by atoms with van der Waals surface area (Å²) < 4.78 is 0. The molecule has 0 aromatic heterocycles. The first kappa shape index (κ1) is 16.0. The van der Waals surface area contributed by atoms with Crippen LogP contribution in [-0.4, -0.2) is 12.1 Å². The highest BCUT2D eigenvalue weighted by atomic mass is 14.9. The van der Waals surface area contributed by atoms with Gasteiger partial charge in [-0.2, -0.15) is 0 Å². The Bertz CT molecular complexity index is 140. The summed E-state index contributed by atoms with van der Waals surface area (Å²) in [5.41, 5.74) is 0.344. The zero-order chi connectivity index (χ0) is 12.3. The third-order valence-electron chi connectivity index (χ3n) is 3.26. The molecule has 0 rings (SSSR count). The van der Waals surface area contributed by atoms with Crippen LogP contribution in [0.15, 0.2) is 0 Å². The Morgan fingerprint density at radius 2 is 1.31 bits per heavy atom. The molecule has 0 amide bonds. The summed E-state index contributed by atoms with van der Waals surface area (Å²) in [6.45, 7) is 10.4. The van der Waals surface area contributed by atoms with Crippen molar-refractivity contribution in [2.24, 2.45) is 0 Å². The van der Waals surface area contributed by atoms with Crippen molar-refractivity contribution in [1.29, 1.82) is 0 Å². The molecule has 1 heteroatoms. The van der Waals surface area contributed by atoms with Gasteiger partial charge in [-0.05, 0) is 33.2 Å². The maximum Gasteiger partial charge on any atom is 0.0125 e. The van der Waals surface area contributed by atoms with Crippen molar-refractivity contribution in [2.45, 2.75) is 91.0 Å². The summed E-state index contributed by atoms with van der Waals surface area (Å²) in [7, 11) is 0. The quantitative estimate of drug-likeness (QED) is 0.495. The van der Waals surface area contributed by atoms with Gasteiger partial charge < -0.3 is 5.32 Å². The van der Waals surface area contributed by atoms with Crippen LogP contribution in [0.5, 0.6) is 0 Å². The maximum atomic E-state index is 3.66. The first-order chi connectivity index (χ1) is 7.62. The summed E-state index contributed by atoms with van der Waals surface area (Å²) in [5.74, 6) is 0. The molecule has 0 aliphatic heterocycles. The SMILES string of the molecule is CCCCCCCCCNC(C)(C)CCC. The highest BCUT2D eigenvalue weighted by molar-refractivity contribution is 4.76. The zero-order valence-electron chi connectivity index (χ0n) is 12.1. The van der Waals surface area contributed by atoms with E-state index in [9.17, 15) is 0 Å². The molecule has 0 radical (unpaired) electrons. The van der Waals surface area contributed by atoms with Crippen LogP contribution >= 0.6 is 0 Å². The highest BCUT2D eigenvalue weighted by Gasteiger charge is 2.13. The monoisotopic (exact) mass is 227 g/mol. The Morgan fingerprint density at radius 1 is 0.750 bits per heavy atom. The van der Waals surface area contributed by atoms with Gasteiger partial charge in [0.15, 0.2) is 0 Å². The Morgan fingerprint density at radius 3 is 1.88 bits per heavy atom. The Kier molecular flexibility index (Phi) is 10.1. The lowest BCUT2D eigenvalue weighted by molar-refractivity contribution is 0.354. The molecule has 1 nitrogen and oxygen atoms in total. The van der Waals surface area contributed by atoms with E-state index in [-0.39, 0.29) is 0 Å². The molecule has 0 unspecified atom stereocenters. The van der Waals surface area contributed by atoms with Crippen LogP contribution in [0.3, 0.4) is 0 Å². The normalized spacial score (nSPS) is 12.0. The predicted molar refractivity (Wildman–Crippen MR) is 75.0 cm³/mol. The van der Waals surface area contributed by atoms with E-state index >= 15 is 0 Å². The van der Waals surface area contributed by atoms with Gasteiger partial charge in [0.1, 0.15) is 0 Å². The van der Waals surface area contributed by atoms with Crippen molar-refractivity contribution in [3.63, 3.8) is 0 Å². The summed E-state index contributed by atoms with van der Waals surface area (Å²) in [6.07, 6.45) is 12.4. The molecule has 0 saturated heterocycles. The van der Waals surface area contributed by atoms with E-state index in [0.717, 1.165) is 0 Å². The van der Waals surface area contributed by atoms with Crippen molar-refractivity contribution >= 4 is 0 Å². The van der Waals surface area contributed by atoms with Crippen LogP contribution in [0.25, 0.3) is 0 Å². The second-order valence-electron chi connectivity index (χ2n) is 5.68. The third kappa shape index (κ3) is 10.5. The van der Waals surface area contributed by atoms with E-state index in [1.807, 2.05) is 0 Å². The van der Waals surface area contributed by atoms with E-state index in [1.54, 1.807) is 0 Å². The molecule has 1 N–H and O–H groups in total. The zero-order valence-corrected chi connectivity index (χ0v) is 12.1. The molecular formula is C15H33N. The van der Waals surface area contributed by atoms with Gasteiger partial charge in [0.05, 0.1) is 0 Å². The van der Waals surface area contributed by atoms with Crippen LogP contribution in [0.1, 0.15) is 85.5 Å². The summed E-state index contributed by atoms with van der Waals surface area (Å²) in [6, 6.07) is 0. The lowest BCUT2D eigenvalue weighted by Gasteiger charge is -2.25. The fourth-order valence-corrected chi connectivity index (χ4v) is 2.22. The molecule has 0 aromatic rings. The van der Waals surface area contributed by atoms with Crippen molar-refractivity contribution in [3.05, 3.63) is 0 Å². The van der Waals surface area contributed by atoms with Crippen LogP contribution in [0.2, 0.25) is 0 Å². The molecule has 0 aliphatic rings. The lowest BCUT2D eigenvalue weighted by atomic mass is 9.98. The Hall–Kier alpha value is -0.0400. The van der Waals surface area contributed by atoms with Crippen molar-refractivity contribution in [3.8, 4) is 0 Å². The topological polar surface area (TPSA) is 12.0 Å². The molecule has 0 spiro atoms. The molecule has 0 bridgehead atoms. The van der Waals surface area contributed by atoms with Gasteiger partial charge in [-0.1, -0.05) is 58.8 Å². The molecule has 0 heterocycles. The Labute approximate surface area is 103 Å². The Balaban J connectivity index is 3.20. The molecule has 0 atom stereocenters. The smallest absolute Gasteiger partial charge is 0.0125 e. The lowest BCUT2D eigenvalue weighted by Crippen LogP contribution is -2.39. The van der Waals surface area contributed by atoms with Crippen molar-refractivity contribution < 1.29 is 0 Å². The average molecular weight is 227 g/mol. The molecule has 16 heavy (non-hydrogen) atoms. The first-order valence-corrected chi connectivity index (χ1v) is 7.37. The molecular weight excluding hydrogens is 194 g/mol. The minimum atomic E-state index is 0.344. The second kappa shape index (κ2) is 10.1. The van der Waals surface area contributed by atoms with Crippen molar-refractivity contribution in [2.75, 3.05) is 6.54 Å². The number of hydrogen-bond donors (Lipinski definition) is 1. The van der Waals surface area contributed by atoms with E-state index in [2.05, 4.69) is 33.0 Å². The fraction of sp³-hybridized carbons (Fsp3) is 1.00. The number of unbranched alkanes of at least 4 members (excludes halogenated alkanes) is 6. The molecule has 0 saturated carbocycles. The van der Waals surface area contributed by atoms with Gasteiger partial charge in [-0.25, -0.2) is 0 Å². The third-order valence-corrected chi connectivity index (χ3v) is 3.26. The van der Waals surface area contributed by atoms with Crippen LogP contribution in [0.4, 0.5) is 0 Å². The number of nitrogens with one attached hydrogen (secondary N) is 1. The molecule has 0 aliphatic carbocycles. The average Bonchev–Trinajstić information content (AvgIpc) is 2.22. The minimum Gasteiger partial charge on any atom is -0.312 e. The number of hydrogen-bond acceptors (Lipinski definition) is 1. The van der Waals surface area contributed by atoms with E-state index in [4.69, 9.17) is 0 Å². The van der Waals surface area contributed by atoms with E-state index in [1.165, 1.54) is 64.3 Å². The summed E-state index contributed by atoms with van der Waals surface area (Å²) >= 11 is 0. The number of rotatable bonds is 11. The van der Waals surface area contributed by atoms with Gasteiger partial charge in [0.2, 0.25) is 0 Å². The van der Waals surface area contributed by atoms with Gasteiger partial charge >= 0.3 is 0 Å². The summed E-state index contributed by atoms with van der Waals surface area (Å²) in [5, 5.41) is 3.66. The first-order valence-electron chi connectivity index (χ1n) is 7.37. The van der Waals surface area contributed by atoms with Gasteiger partial charge in [0, 0.05) is 5.54 Å². The highest BCUT2D eigenvalue weighted by Crippen LogP contribution is 2.11. The minimum absolute atomic E-state index is 0.344. The predicted octanol–water partition coefficient (Wildman–Crippen LogP) is 4.91. The molecule has 0 aromatic carbocycles. The maximum absolute atomic E-state index is 3.66. The molecule has 0 fully saturated rings. The van der Waals surface area contributed by atoms with E-state index < -0.39 is 0 Å². The summed E-state index contributed by atoms with van der Waals surface area (Å²) in [4.78, 5) is 0. The van der Waals surface area contributed by atoms with Gasteiger partial charge in [-0.3, -0.25) is 0 Å². The van der Waals surface area contributed by atoms with Gasteiger partial charge in [0.25, 0.3) is 0 Å².